The lowest BCUT2D eigenvalue weighted by Gasteiger charge is -2.25. The van der Waals surface area contributed by atoms with Gasteiger partial charge in [0.2, 0.25) is 6.17 Å². The van der Waals surface area contributed by atoms with Gasteiger partial charge in [0.15, 0.2) is 5.84 Å². The van der Waals surface area contributed by atoms with Gasteiger partial charge in [-0.2, -0.15) is 18.3 Å². The summed E-state index contributed by atoms with van der Waals surface area (Å²) in [4.78, 5) is 0. The fourth-order valence-corrected chi connectivity index (χ4v) is 1.87. The largest absolute Gasteiger partial charge is 0.430 e. The molecule has 1 heterocycles. The number of halogens is 3. The van der Waals surface area contributed by atoms with Gasteiger partial charge in [0.1, 0.15) is 0 Å². The van der Waals surface area contributed by atoms with Crippen LogP contribution in [0, 0.1) is 0 Å². The van der Waals surface area contributed by atoms with Crippen LogP contribution in [0.2, 0.25) is 0 Å². The van der Waals surface area contributed by atoms with Crippen molar-refractivity contribution in [3.05, 3.63) is 11.6 Å². The molecule has 0 aromatic carbocycles. The number of amidine groups is 1. The molecule has 1 aliphatic carbocycles. The van der Waals surface area contributed by atoms with Crippen LogP contribution >= 0.6 is 0 Å². The first-order valence-corrected chi connectivity index (χ1v) is 5.13. The predicted octanol–water partition coefficient (Wildman–Crippen LogP) is 1.47. The summed E-state index contributed by atoms with van der Waals surface area (Å²) in [6.07, 6.45) is -0.784. The zero-order chi connectivity index (χ0) is 11.8. The smallest absolute Gasteiger partial charge is 0.276 e. The minimum Gasteiger partial charge on any atom is -0.276 e. The van der Waals surface area contributed by atoms with Gasteiger partial charge in [0, 0.05) is 0 Å². The van der Waals surface area contributed by atoms with E-state index in [4.69, 9.17) is 5.84 Å². The molecular weight excluding hydrogens is 221 g/mol. The number of rotatable bonds is 1. The first-order valence-electron chi connectivity index (χ1n) is 5.13. The third-order valence-electron chi connectivity index (χ3n) is 2.70. The number of nitrogens with zero attached hydrogens (tertiary/aromatic N) is 2. The van der Waals surface area contributed by atoms with Crippen molar-refractivity contribution in [2.45, 2.75) is 38.0 Å². The molecule has 1 atom stereocenters. The molecule has 0 amide bonds. The van der Waals surface area contributed by atoms with E-state index in [1.54, 1.807) is 0 Å². The quantitative estimate of drug-likeness (QED) is 0.675. The number of hydrazine groups is 1. The summed E-state index contributed by atoms with van der Waals surface area (Å²) in [5.74, 6) is 5.63. The lowest BCUT2D eigenvalue weighted by atomic mass is 9.98. The number of hydrazone groups is 1. The van der Waals surface area contributed by atoms with Gasteiger partial charge in [-0.05, 0) is 31.3 Å². The topological polar surface area (TPSA) is 53.6 Å². The molecule has 0 fully saturated rings. The van der Waals surface area contributed by atoms with Crippen LogP contribution in [0.4, 0.5) is 13.2 Å². The van der Waals surface area contributed by atoms with Crippen molar-refractivity contribution in [2.75, 3.05) is 0 Å². The maximum Gasteiger partial charge on any atom is 0.430 e. The summed E-state index contributed by atoms with van der Waals surface area (Å²) in [5.41, 5.74) is 2.82. The van der Waals surface area contributed by atoms with Crippen molar-refractivity contribution in [2.24, 2.45) is 10.9 Å². The van der Waals surface area contributed by atoms with Gasteiger partial charge in [0.05, 0.1) is 0 Å². The van der Waals surface area contributed by atoms with E-state index < -0.39 is 12.3 Å². The normalized spacial score (nSPS) is 26.2. The maximum atomic E-state index is 12.5. The van der Waals surface area contributed by atoms with Gasteiger partial charge in [-0.3, -0.25) is 10.4 Å². The Labute approximate surface area is 90.9 Å². The molecule has 3 N–H and O–H groups in total. The Kier molecular flexibility index (Phi) is 2.79. The van der Waals surface area contributed by atoms with E-state index >= 15 is 0 Å². The van der Waals surface area contributed by atoms with Crippen molar-refractivity contribution in [1.29, 1.82) is 0 Å². The molecule has 16 heavy (non-hydrogen) atoms. The van der Waals surface area contributed by atoms with Crippen LogP contribution in [0.1, 0.15) is 25.7 Å². The fourth-order valence-electron chi connectivity index (χ4n) is 1.87. The molecule has 0 aromatic heterocycles. The van der Waals surface area contributed by atoms with Crippen molar-refractivity contribution in [1.82, 2.24) is 10.4 Å². The SMILES string of the molecule is NN1C(C2=CCCCC2)=NNC1C(F)(F)F. The van der Waals surface area contributed by atoms with E-state index in [-0.39, 0.29) is 5.84 Å². The van der Waals surface area contributed by atoms with Gasteiger partial charge in [-0.1, -0.05) is 6.08 Å². The Bertz CT molecular complexity index is 334. The van der Waals surface area contributed by atoms with E-state index in [0.29, 0.717) is 5.01 Å². The Balaban J connectivity index is 2.12. The zero-order valence-corrected chi connectivity index (χ0v) is 8.59. The fraction of sp³-hybridized carbons (Fsp3) is 0.667. The van der Waals surface area contributed by atoms with Crippen molar-refractivity contribution in [3.63, 3.8) is 0 Å². The highest BCUT2D eigenvalue weighted by molar-refractivity contribution is 5.98. The van der Waals surface area contributed by atoms with Crippen LogP contribution in [0.3, 0.4) is 0 Å². The molecule has 0 saturated heterocycles. The van der Waals surface area contributed by atoms with Gasteiger partial charge >= 0.3 is 6.18 Å². The standard InChI is InChI=1S/C9H13F3N4/c10-9(11,12)8-15-14-7(16(8)13)6-4-2-1-3-5-6/h4,8,15H,1-3,5,13H2. The molecule has 90 valence electrons. The highest BCUT2D eigenvalue weighted by Crippen LogP contribution is 2.28. The van der Waals surface area contributed by atoms with Crippen LogP contribution in [0.5, 0.6) is 0 Å². The molecule has 0 bridgehead atoms. The molecule has 1 aliphatic heterocycles. The monoisotopic (exact) mass is 234 g/mol. The summed E-state index contributed by atoms with van der Waals surface area (Å²) in [5, 5.41) is 4.33. The second kappa shape index (κ2) is 3.97. The van der Waals surface area contributed by atoms with E-state index in [1.807, 2.05) is 11.5 Å². The van der Waals surface area contributed by atoms with Gasteiger partial charge < -0.3 is 0 Å². The summed E-state index contributed by atoms with van der Waals surface area (Å²) in [6, 6.07) is 0. The Morgan fingerprint density at radius 3 is 2.69 bits per heavy atom. The molecule has 0 spiro atoms. The minimum atomic E-state index is -4.42. The lowest BCUT2D eigenvalue weighted by Crippen LogP contribution is -2.53. The molecule has 0 saturated carbocycles. The van der Waals surface area contributed by atoms with Crippen LogP contribution in [0.15, 0.2) is 16.8 Å². The van der Waals surface area contributed by atoms with Gasteiger partial charge in [0.25, 0.3) is 0 Å². The first-order chi connectivity index (χ1) is 7.50. The molecule has 2 rings (SSSR count). The van der Waals surface area contributed by atoms with Crippen LogP contribution < -0.4 is 11.3 Å². The average Bonchev–Trinajstić information content (AvgIpc) is 2.61. The minimum absolute atomic E-state index is 0.210. The summed E-state index contributed by atoms with van der Waals surface area (Å²) in [6.45, 7) is 0. The second-order valence-corrected chi connectivity index (χ2v) is 3.89. The summed E-state index contributed by atoms with van der Waals surface area (Å²) < 4.78 is 37.4. The number of nitrogens with two attached hydrogens (primary N) is 1. The third-order valence-corrected chi connectivity index (χ3v) is 2.70. The zero-order valence-electron chi connectivity index (χ0n) is 8.59. The van der Waals surface area contributed by atoms with Crippen molar-refractivity contribution in [3.8, 4) is 0 Å². The highest BCUT2D eigenvalue weighted by atomic mass is 19.4. The van der Waals surface area contributed by atoms with E-state index in [2.05, 4.69) is 5.10 Å². The molecular formula is C9H13F3N4. The molecule has 0 radical (unpaired) electrons. The van der Waals surface area contributed by atoms with E-state index in [1.165, 1.54) is 0 Å². The lowest BCUT2D eigenvalue weighted by molar-refractivity contribution is -0.178. The summed E-state index contributed by atoms with van der Waals surface area (Å²) in [7, 11) is 0. The number of allylic oxidation sites excluding steroid dienone is 1. The molecule has 1 unspecified atom stereocenters. The Morgan fingerprint density at radius 2 is 2.19 bits per heavy atom. The van der Waals surface area contributed by atoms with Gasteiger partial charge in [-0.15, -0.1) is 0 Å². The van der Waals surface area contributed by atoms with Crippen LogP contribution in [-0.4, -0.2) is 23.2 Å². The molecule has 7 heteroatoms. The van der Waals surface area contributed by atoms with Crippen LogP contribution in [0.25, 0.3) is 0 Å². The third kappa shape index (κ3) is 1.99. The van der Waals surface area contributed by atoms with Crippen molar-refractivity contribution >= 4 is 5.84 Å². The highest BCUT2D eigenvalue weighted by Gasteiger charge is 2.47. The first kappa shape index (κ1) is 11.3. The predicted molar refractivity (Wildman–Crippen MR) is 53.0 cm³/mol. The summed E-state index contributed by atoms with van der Waals surface area (Å²) >= 11 is 0. The van der Waals surface area contributed by atoms with Crippen LogP contribution in [-0.2, 0) is 0 Å². The molecule has 4 nitrogen and oxygen atoms in total. The average molecular weight is 234 g/mol. The number of hydrogen-bond donors (Lipinski definition) is 2. The Hall–Kier alpha value is -1.24. The number of nitrogens with one attached hydrogen (secondary N) is 1. The van der Waals surface area contributed by atoms with E-state index in [9.17, 15) is 13.2 Å². The van der Waals surface area contributed by atoms with E-state index in [0.717, 1.165) is 31.3 Å². The Morgan fingerprint density at radius 1 is 1.44 bits per heavy atom. The number of alkyl halides is 3. The number of hydrogen-bond acceptors (Lipinski definition) is 4. The molecule has 0 aromatic rings. The maximum absolute atomic E-state index is 12.5. The van der Waals surface area contributed by atoms with Gasteiger partial charge in [-0.25, -0.2) is 5.84 Å². The second-order valence-electron chi connectivity index (χ2n) is 3.89. The molecule has 2 aliphatic rings. The van der Waals surface area contributed by atoms with Crippen molar-refractivity contribution < 1.29 is 13.2 Å².